The van der Waals surface area contributed by atoms with Crippen LogP contribution in [-0.2, 0) is 9.53 Å². The summed E-state index contributed by atoms with van der Waals surface area (Å²) in [5, 5.41) is 22.8. The largest absolute Gasteiger partial charge is 0.388 e. The fraction of sp³-hybridized carbons (Fsp3) is 0.600. The van der Waals surface area contributed by atoms with Crippen molar-refractivity contribution in [2.75, 3.05) is 5.32 Å². The van der Waals surface area contributed by atoms with Crippen LogP contribution in [0.3, 0.4) is 0 Å². The van der Waals surface area contributed by atoms with Gasteiger partial charge in [0.25, 0.3) is 5.56 Å². The number of rotatable bonds is 4. The van der Waals surface area contributed by atoms with Crippen LogP contribution in [0.1, 0.15) is 33.4 Å². The van der Waals surface area contributed by atoms with Gasteiger partial charge in [0.2, 0.25) is 11.9 Å². The minimum atomic E-state index is -1.18. The molecule has 0 aromatic carbocycles. The topological polar surface area (TPSA) is 142 Å². The highest BCUT2D eigenvalue weighted by molar-refractivity contribution is 5.91. The third-order valence-corrected chi connectivity index (χ3v) is 4.21. The van der Waals surface area contributed by atoms with E-state index in [1.54, 1.807) is 13.8 Å². The summed E-state index contributed by atoms with van der Waals surface area (Å²) in [6.45, 7) is 5.26. The maximum atomic E-state index is 12.2. The zero-order valence-electron chi connectivity index (χ0n) is 14.1. The number of imidazole rings is 1. The Labute approximate surface area is 142 Å². The average molecular weight is 351 g/mol. The van der Waals surface area contributed by atoms with Gasteiger partial charge in [-0.1, -0.05) is 20.8 Å². The third-order valence-electron chi connectivity index (χ3n) is 4.21. The summed E-state index contributed by atoms with van der Waals surface area (Å²) in [5.41, 5.74) is -0.327. The Morgan fingerprint density at radius 1 is 1.44 bits per heavy atom. The zero-order chi connectivity index (χ0) is 18.3. The first kappa shape index (κ1) is 17.5. The molecule has 1 aliphatic rings. The normalized spacial score (nSPS) is 26.5. The molecule has 4 atom stereocenters. The predicted molar refractivity (Wildman–Crippen MR) is 87.8 cm³/mol. The van der Waals surface area contributed by atoms with Gasteiger partial charge in [-0.3, -0.25) is 24.5 Å². The number of ether oxygens (including phenoxy) is 1. The fourth-order valence-corrected chi connectivity index (χ4v) is 2.73. The molecule has 0 bridgehead atoms. The molecule has 1 fully saturated rings. The standard InChI is InChI=1S/C15H21N5O5/c1-4-7-9(21)10(22)14(25-7)20-5-16-8-11(20)17-15(19-13(8)24)18-12(23)6(2)3/h5-7,9-10,14,21-22H,4H2,1-3H3,(H2,17,18,19,23,24)/t7-,9-,10-,14?/m1/s1. The molecule has 25 heavy (non-hydrogen) atoms. The molecule has 10 heteroatoms. The predicted octanol–water partition coefficient (Wildman–Crippen LogP) is -0.257. The number of anilines is 1. The number of aromatic amines is 1. The van der Waals surface area contributed by atoms with Gasteiger partial charge in [-0.05, 0) is 6.42 Å². The second-order valence-electron chi connectivity index (χ2n) is 6.34. The van der Waals surface area contributed by atoms with Gasteiger partial charge in [0.05, 0.1) is 12.4 Å². The summed E-state index contributed by atoms with van der Waals surface area (Å²) in [4.78, 5) is 34.7. The van der Waals surface area contributed by atoms with Crippen molar-refractivity contribution in [2.45, 2.75) is 51.7 Å². The van der Waals surface area contributed by atoms with E-state index in [4.69, 9.17) is 4.74 Å². The van der Waals surface area contributed by atoms with E-state index in [9.17, 15) is 19.8 Å². The molecule has 1 aliphatic heterocycles. The van der Waals surface area contributed by atoms with E-state index in [-0.39, 0.29) is 28.9 Å². The lowest BCUT2D eigenvalue weighted by atomic mass is 10.1. The first-order chi connectivity index (χ1) is 11.8. The molecule has 0 aliphatic carbocycles. The summed E-state index contributed by atoms with van der Waals surface area (Å²) >= 11 is 0. The monoisotopic (exact) mass is 351 g/mol. The Morgan fingerprint density at radius 2 is 2.16 bits per heavy atom. The number of aliphatic hydroxyl groups excluding tert-OH is 2. The molecule has 1 unspecified atom stereocenters. The molecular formula is C15H21N5O5. The van der Waals surface area contributed by atoms with E-state index in [0.29, 0.717) is 6.42 Å². The van der Waals surface area contributed by atoms with E-state index in [1.165, 1.54) is 10.9 Å². The first-order valence-electron chi connectivity index (χ1n) is 8.12. The van der Waals surface area contributed by atoms with Crippen molar-refractivity contribution in [1.82, 2.24) is 19.5 Å². The van der Waals surface area contributed by atoms with Crippen molar-refractivity contribution in [3.05, 3.63) is 16.7 Å². The Morgan fingerprint density at radius 3 is 2.76 bits per heavy atom. The molecule has 2 aromatic rings. The lowest BCUT2D eigenvalue weighted by Gasteiger charge is -2.16. The molecule has 3 heterocycles. The van der Waals surface area contributed by atoms with Crippen molar-refractivity contribution in [1.29, 1.82) is 0 Å². The van der Waals surface area contributed by atoms with Crippen molar-refractivity contribution in [3.63, 3.8) is 0 Å². The lowest BCUT2D eigenvalue weighted by Crippen LogP contribution is -2.31. The minimum Gasteiger partial charge on any atom is -0.388 e. The van der Waals surface area contributed by atoms with Crippen LogP contribution in [0.15, 0.2) is 11.1 Å². The molecule has 1 saturated heterocycles. The molecule has 0 saturated carbocycles. The molecule has 0 radical (unpaired) electrons. The van der Waals surface area contributed by atoms with E-state index in [2.05, 4.69) is 20.3 Å². The van der Waals surface area contributed by atoms with Crippen molar-refractivity contribution < 1.29 is 19.7 Å². The van der Waals surface area contributed by atoms with Crippen LogP contribution < -0.4 is 10.9 Å². The molecule has 1 amide bonds. The first-order valence-corrected chi connectivity index (χ1v) is 8.12. The Hall–Kier alpha value is -2.30. The molecule has 4 N–H and O–H groups in total. The molecule has 10 nitrogen and oxygen atoms in total. The summed E-state index contributed by atoms with van der Waals surface area (Å²) < 4.78 is 7.06. The molecule has 136 valence electrons. The number of H-pyrrole nitrogens is 1. The Bertz CT molecular complexity index is 844. The van der Waals surface area contributed by atoms with Gasteiger partial charge in [0, 0.05) is 5.92 Å². The van der Waals surface area contributed by atoms with Gasteiger partial charge >= 0.3 is 0 Å². The highest BCUT2D eigenvalue weighted by Crippen LogP contribution is 2.32. The SMILES string of the molecule is CC[C@H]1OC(n2cnc3c(=O)[nH]c(NC(=O)C(C)C)nc32)[C@H](O)[C@@H]1O. The van der Waals surface area contributed by atoms with Gasteiger partial charge < -0.3 is 14.9 Å². The van der Waals surface area contributed by atoms with Crippen LogP contribution >= 0.6 is 0 Å². The number of fused-ring (bicyclic) bond motifs is 1. The van der Waals surface area contributed by atoms with Crippen molar-refractivity contribution in [2.24, 2.45) is 5.92 Å². The fourth-order valence-electron chi connectivity index (χ4n) is 2.73. The van der Waals surface area contributed by atoms with Gasteiger partial charge in [0.15, 0.2) is 17.4 Å². The van der Waals surface area contributed by atoms with Crippen molar-refractivity contribution >= 4 is 23.0 Å². The summed E-state index contributed by atoms with van der Waals surface area (Å²) in [7, 11) is 0. The van der Waals surface area contributed by atoms with Gasteiger partial charge in [-0.25, -0.2) is 4.98 Å². The van der Waals surface area contributed by atoms with E-state index in [1.807, 2.05) is 6.92 Å². The number of hydrogen-bond donors (Lipinski definition) is 4. The Kier molecular flexibility index (Phi) is 4.58. The van der Waals surface area contributed by atoms with Crippen LogP contribution in [0.5, 0.6) is 0 Å². The van der Waals surface area contributed by atoms with Crippen LogP contribution in [0, 0.1) is 5.92 Å². The Balaban J connectivity index is 2.01. The maximum Gasteiger partial charge on any atom is 0.280 e. The van der Waals surface area contributed by atoms with Crippen LogP contribution in [0.2, 0.25) is 0 Å². The van der Waals surface area contributed by atoms with Gasteiger partial charge in [-0.15, -0.1) is 0 Å². The number of carbonyl (C=O) groups is 1. The van der Waals surface area contributed by atoms with Crippen LogP contribution in [0.4, 0.5) is 5.95 Å². The number of hydrogen-bond acceptors (Lipinski definition) is 7. The van der Waals surface area contributed by atoms with Crippen LogP contribution in [0.25, 0.3) is 11.2 Å². The lowest BCUT2D eigenvalue weighted by molar-refractivity contribution is -0.118. The maximum absolute atomic E-state index is 12.2. The van der Waals surface area contributed by atoms with E-state index >= 15 is 0 Å². The zero-order valence-corrected chi connectivity index (χ0v) is 14.1. The van der Waals surface area contributed by atoms with E-state index < -0.39 is 30.1 Å². The number of aromatic nitrogens is 4. The summed E-state index contributed by atoms with van der Waals surface area (Å²) in [6.07, 6.45) is -1.84. The summed E-state index contributed by atoms with van der Waals surface area (Å²) in [5.74, 6) is -0.600. The van der Waals surface area contributed by atoms with Gasteiger partial charge in [0.1, 0.15) is 12.2 Å². The summed E-state index contributed by atoms with van der Waals surface area (Å²) in [6, 6.07) is 0. The quantitative estimate of drug-likeness (QED) is 0.594. The number of amides is 1. The molecular weight excluding hydrogens is 330 g/mol. The second-order valence-corrected chi connectivity index (χ2v) is 6.34. The molecule has 0 spiro atoms. The highest BCUT2D eigenvalue weighted by Gasteiger charge is 2.43. The average Bonchev–Trinajstić information content (AvgIpc) is 3.10. The molecule has 2 aromatic heterocycles. The third kappa shape index (κ3) is 3.03. The van der Waals surface area contributed by atoms with Gasteiger partial charge in [-0.2, -0.15) is 4.98 Å². The molecule has 3 rings (SSSR count). The highest BCUT2D eigenvalue weighted by atomic mass is 16.6. The number of aliphatic hydroxyl groups is 2. The second kappa shape index (κ2) is 6.54. The minimum absolute atomic E-state index is 0.0157. The number of carbonyl (C=O) groups excluding carboxylic acids is 1. The van der Waals surface area contributed by atoms with E-state index in [0.717, 1.165) is 0 Å². The number of nitrogens with zero attached hydrogens (tertiary/aromatic N) is 3. The van der Waals surface area contributed by atoms with Crippen molar-refractivity contribution in [3.8, 4) is 0 Å². The van der Waals surface area contributed by atoms with Crippen LogP contribution in [-0.4, -0.2) is 54.0 Å². The number of nitrogens with one attached hydrogen (secondary N) is 2. The smallest absolute Gasteiger partial charge is 0.280 e.